The van der Waals surface area contributed by atoms with Gasteiger partial charge in [-0.1, -0.05) is 190 Å². The van der Waals surface area contributed by atoms with Gasteiger partial charge in [-0.15, -0.1) is 21.4 Å². The van der Waals surface area contributed by atoms with Crippen LogP contribution in [0.4, 0.5) is 17.1 Å². The van der Waals surface area contributed by atoms with Gasteiger partial charge in [0.2, 0.25) is 0 Å². The number of amides is 1. The predicted molar refractivity (Wildman–Crippen MR) is 311 cm³/mol. The van der Waals surface area contributed by atoms with E-state index in [-0.39, 0.29) is 16.7 Å². The second-order valence-electron chi connectivity index (χ2n) is 20.3. The molecule has 1 aromatic heterocycles. The Hall–Kier alpha value is -4.83. The van der Waals surface area contributed by atoms with Gasteiger partial charge in [-0.05, 0) is 162 Å². The molecule has 0 spiro atoms. The van der Waals surface area contributed by atoms with Gasteiger partial charge in [0.05, 0.1) is 11.5 Å². The Kier molecular flexibility index (Phi) is 17.0. The molecule has 0 bridgehead atoms. The van der Waals surface area contributed by atoms with Gasteiger partial charge in [0, 0.05) is 37.6 Å². The first kappa shape index (κ1) is 52.0. The summed E-state index contributed by atoms with van der Waals surface area (Å²) in [5.41, 5.74) is 17.6. The molecule has 0 N–H and O–H groups in total. The van der Waals surface area contributed by atoms with Crippen molar-refractivity contribution in [3.63, 3.8) is 0 Å². The second-order valence-corrected chi connectivity index (χ2v) is 23.0. The van der Waals surface area contributed by atoms with Crippen LogP contribution in [-0.4, -0.2) is 21.9 Å². The van der Waals surface area contributed by atoms with E-state index in [9.17, 15) is 4.79 Å². The second kappa shape index (κ2) is 23.6. The molecule has 8 heteroatoms. The highest BCUT2D eigenvalue weighted by molar-refractivity contribution is 8.26. The number of aryl methyl sites for hydroxylation is 1. The maximum Gasteiger partial charge on any atom is 0.292 e. The van der Waals surface area contributed by atoms with Crippen molar-refractivity contribution in [3.8, 4) is 32.7 Å². The van der Waals surface area contributed by atoms with Gasteiger partial charge in [-0.25, -0.2) is 4.89 Å². The van der Waals surface area contributed by atoms with Crippen LogP contribution < -0.4 is 4.90 Å². The number of anilines is 3. The van der Waals surface area contributed by atoms with E-state index in [2.05, 4.69) is 155 Å². The maximum absolute atomic E-state index is 13.4. The summed E-state index contributed by atoms with van der Waals surface area (Å²) in [5.74, 6) is -0.297. The van der Waals surface area contributed by atoms with Crippen LogP contribution in [0, 0.1) is 0 Å². The summed E-state index contributed by atoms with van der Waals surface area (Å²) in [6.45, 7) is 13.7. The minimum absolute atomic E-state index is 0.0284. The largest absolute Gasteiger partial charge is 0.310 e. The number of hydroxylamine groups is 2. The molecule has 1 aliphatic heterocycles. The van der Waals surface area contributed by atoms with E-state index in [1.54, 1.807) is 11.3 Å². The molecular weight excluding hydrogens is 941 g/mol. The van der Waals surface area contributed by atoms with Gasteiger partial charge < -0.3 is 4.90 Å². The smallest absolute Gasteiger partial charge is 0.292 e. The van der Waals surface area contributed by atoms with Crippen molar-refractivity contribution in [1.29, 1.82) is 0 Å². The van der Waals surface area contributed by atoms with E-state index in [0.717, 1.165) is 54.2 Å². The molecule has 0 unspecified atom stereocenters. The third-order valence-corrected chi connectivity index (χ3v) is 18.1. The zero-order chi connectivity index (χ0) is 50.2. The summed E-state index contributed by atoms with van der Waals surface area (Å²) in [6.07, 6.45) is 21.8. The van der Waals surface area contributed by atoms with Gasteiger partial charge in [0.15, 0.2) is 4.32 Å². The summed E-state index contributed by atoms with van der Waals surface area (Å²) in [4.78, 5) is 29.1. The normalized spacial score (nSPS) is 15.6. The van der Waals surface area contributed by atoms with Crippen LogP contribution in [0.15, 0.2) is 120 Å². The van der Waals surface area contributed by atoms with Crippen molar-refractivity contribution < 1.29 is 14.7 Å². The van der Waals surface area contributed by atoms with Gasteiger partial charge in [0.1, 0.15) is 0 Å². The Morgan fingerprint density at radius 3 is 1.58 bits per heavy atom. The third-order valence-electron chi connectivity index (χ3n) is 15.6. The minimum atomic E-state index is -0.297. The van der Waals surface area contributed by atoms with Gasteiger partial charge in [-0.3, -0.25) is 4.79 Å². The summed E-state index contributed by atoms with van der Waals surface area (Å²) in [5, 5.41) is 1.08. The molecule has 1 amide bonds. The van der Waals surface area contributed by atoms with Crippen molar-refractivity contribution in [2.24, 2.45) is 0 Å². The SMILES string of the molecule is CCCCCCc1cc(/C=C2\SC(=S)N(OOCC)C2=O)sc1-c1ccc(N(c2ccc3c(c2)C(CCCC)(CCCC)c2ccccc2-3)c2ccc3c(c2)C(CCCC)(CCCC)c2ccccc2-3)cc1. The van der Waals surface area contributed by atoms with Gasteiger partial charge in [-0.2, -0.15) is 0 Å². The van der Waals surface area contributed by atoms with Crippen LogP contribution in [0.2, 0.25) is 0 Å². The number of carbonyl (C=O) groups excluding carboxylic acids is 1. The topological polar surface area (TPSA) is 42.0 Å². The Balaban J connectivity index is 1.18. The molecule has 6 aromatic rings. The Bertz CT molecular complexity index is 2760. The van der Waals surface area contributed by atoms with E-state index in [1.807, 2.05) is 13.0 Å². The molecule has 72 heavy (non-hydrogen) atoms. The van der Waals surface area contributed by atoms with Crippen molar-refractivity contribution in [2.45, 2.75) is 162 Å². The van der Waals surface area contributed by atoms with E-state index >= 15 is 0 Å². The third kappa shape index (κ3) is 10.1. The monoisotopic (exact) mass is 1010 g/mol. The van der Waals surface area contributed by atoms with E-state index in [1.165, 1.54) is 154 Å². The Labute approximate surface area is 444 Å². The van der Waals surface area contributed by atoms with Crippen LogP contribution in [0.25, 0.3) is 38.8 Å². The molecule has 5 nitrogen and oxygen atoms in total. The van der Waals surface area contributed by atoms with Crippen LogP contribution in [0.3, 0.4) is 0 Å². The highest BCUT2D eigenvalue weighted by Crippen LogP contribution is 2.58. The number of hydrogen-bond acceptors (Lipinski definition) is 7. The van der Waals surface area contributed by atoms with E-state index < -0.39 is 0 Å². The number of fused-ring (bicyclic) bond motifs is 6. The lowest BCUT2D eigenvalue weighted by molar-refractivity contribution is -0.381. The lowest BCUT2D eigenvalue weighted by Crippen LogP contribution is -2.28. The molecule has 1 saturated heterocycles. The zero-order valence-electron chi connectivity index (χ0n) is 43.6. The molecule has 0 radical (unpaired) electrons. The lowest BCUT2D eigenvalue weighted by Gasteiger charge is -2.35. The van der Waals surface area contributed by atoms with Crippen LogP contribution in [0.1, 0.15) is 177 Å². The summed E-state index contributed by atoms with van der Waals surface area (Å²) < 4.78 is 0.331. The zero-order valence-corrected chi connectivity index (χ0v) is 46.1. The summed E-state index contributed by atoms with van der Waals surface area (Å²) in [6, 6.07) is 45.0. The molecule has 5 aromatic carbocycles. The average Bonchev–Trinajstić information content (AvgIpc) is 4.10. The number of thiophene rings is 1. The van der Waals surface area contributed by atoms with Gasteiger partial charge in [0.25, 0.3) is 5.91 Å². The number of unbranched alkanes of at least 4 members (excludes halogenated alkanes) is 7. The quantitative estimate of drug-likeness (QED) is 0.0187. The fraction of sp³-hybridized carbons (Fsp3) is 0.406. The molecule has 2 heterocycles. The number of benzene rings is 5. The maximum atomic E-state index is 13.4. The molecule has 2 aliphatic carbocycles. The fourth-order valence-electron chi connectivity index (χ4n) is 12.1. The molecule has 3 aliphatic rings. The number of nitrogens with zero attached hydrogens (tertiary/aromatic N) is 2. The van der Waals surface area contributed by atoms with Crippen LogP contribution in [-0.2, 0) is 31.9 Å². The number of hydrogen-bond donors (Lipinski definition) is 0. The lowest BCUT2D eigenvalue weighted by atomic mass is 9.70. The van der Waals surface area contributed by atoms with Crippen LogP contribution in [0.5, 0.6) is 0 Å². The molecule has 376 valence electrons. The average molecular weight is 1020 g/mol. The Morgan fingerprint density at radius 1 is 0.569 bits per heavy atom. The number of thiocarbonyl (C=S) groups is 1. The highest BCUT2D eigenvalue weighted by atomic mass is 32.2. The first-order valence-electron chi connectivity index (χ1n) is 27.3. The highest BCUT2D eigenvalue weighted by Gasteiger charge is 2.44. The number of rotatable bonds is 25. The molecule has 9 rings (SSSR count). The first-order chi connectivity index (χ1) is 35.2. The summed E-state index contributed by atoms with van der Waals surface area (Å²) in [7, 11) is 0. The van der Waals surface area contributed by atoms with E-state index in [0.29, 0.717) is 15.8 Å². The molecular formula is C64H74N2O3S3. The molecule has 1 fully saturated rings. The van der Waals surface area contributed by atoms with Gasteiger partial charge >= 0.3 is 0 Å². The van der Waals surface area contributed by atoms with Crippen molar-refractivity contribution >= 4 is 68.7 Å². The standard InChI is InChI=1S/C64H74N2O3S3/c1-7-13-18-19-24-46-41-50(44-59-61(67)66(62(70)72-59)69-68-12-6)71-60(46)45-29-31-47(32-30-45)65(48-33-35-53-51-25-20-22-27-55(51)63(37-14-8-2,38-15-9-3)57(53)42-48)49-34-36-54-52-26-21-23-28-56(52)64(39-16-10-4,40-17-11-5)58(54)43-49/h20-23,25-36,41-44H,7-19,24,37-40H2,1-6H3/b59-44-. The number of carbonyl (C=O) groups is 1. The van der Waals surface area contributed by atoms with Crippen molar-refractivity contribution in [3.05, 3.63) is 153 Å². The van der Waals surface area contributed by atoms with E-state index in [4.69, 9.17) is 22.1 Å². The minimum Gasteiger partial charge on any atom is -0.310 e. The first-order valence-corrected chi connectivity index (χ1v) is 29.4. The van der Waals surface area contributed by atoms with Crippen LogP contribution >= 0.6 is 35.3 Å². The Morgan fingerprint density at radius 2 is 1.07 bits per heavy atom. The fourth-order valence-corrected chi connectivity index (χ4v) is 14.4. The summed E-state index contributed by atoms with van der Waals surface area (Å²) >= 11 is 8.50. The van der Waals surface area contributed by atoms with Crippen molar-refractivity contribution in [1.82, 2.24) is 5.06 Å². The molecule has 0 atom stereocenters. The molecule has 0 saturated carbocycles. The predicted octanol–water partition coefficient (Wildman–Crippen LogP) is 19.4. The van der Waals surface area contributed by atoms with Crippen molar-refractivity contribution in [2.75, 3.05) is 11.5 Å². The number of thioether (sulfide) groups is 1.